The second-order valence-electron chi connectivity index (χ2n) is 11.3. The Hall–Kier alpha value is -3.75. The van der Waals surface area contributed by atoms with Gasteiger partial charge in [0.2, 0.25) is 0 Å². The molecule has 1 N–H and O–H groups in total. The lowest BCUT2D eigenvalue weighted by molar-refractivity contribution is -0.150. The van der Waals surface area contributed by atoms with Crippen LogP contribution in [0.15, 0.2) is 79.0 Å². The molecule has 1 aliphatic heterocycles. The number of esters is 1. The summed E-state index contributed by atoms with van der Waals surface area (Å²) in [6.45, 7) is 10.2. The van der Waals surface area contributed by atoms with Gasteiger partial charge in [0.15, 0.2) is 5.65 Å². The average molecular weight is 584 g/mol. The number of hydrogen-bond donors (Lipinski definition) is 1. The molecule has 2 aromatic heterocycles. The van der Waals surface area contributed by atoms with Gasteiger partial charge in [0.1, 0.15) is 17.3 Å². The van der Waals surface area contributed by atoms with Crippen molar-refractivity contribution in [2.24, 2.45) is 0 Å². The Kier molecular flexibility index (Phi) is 10.4. The molecule has 0 saturated carbocycles. The van der Waals surface area contributed by atoms with Crippen LogP contribution in [0.1, 0.15) is 75.8 Å². The van der Waals surface area contributed by atoms with E-state index in [4.69, 9.17) is 19.6 Å². The summed E-state index contributed by atoms with van der Waals surface area (Å²) in [5, 5.41) is 8.18. The van der Waals surface area contributed by atoms with Crippen molar-refractivity contribution in [2.45, 2.75) is 70.5 Å². The van der Waals surface area contributed by atoms with Gasteiger partial charge in [-0.15, -0.1) is 5.10 Å². The number of benzene rings is 2. The molecule has 0 unspecified atom stereocenters. The number of nitrogens with zero attached hydrogens (tertiary/aromatic N) is 4. The molecule has 0 radical (unpaired) electrons. The molecular formula is C35H45N5O3. The highest BCUT2D eigenvalue weighted by Gasteiger charge is 2.40. The molecule has 0 bridgehead atoms. The number of anilines is 1. The Morgan fingerprint density at radius 1 is 0.953 bits per heavy atom. The van der Waals surface area contributed by atoms with Crippen molar-refractivity contribution in [3.8, 4) is 0 Å². The molecule has 2 aromatic carbocycles. The molecule has 1 fully saturated rings. The van der Waals surface area contributed by atoms with Gasteiger partial charge in [-0.25, -0.2) is 9.50 Å². The SMILES string of the molecule is CCOC(=O)C(CC)(CC)c1cn2nc(NCCCN3CCC(OC(c4ccccc4)c4ccccc4)CC3)ccc2n1. The summed E-state index contributed by atoms with van der Waals surface area (Å²) in [5.74, 6) is 0.579. The Balaban J connectivity index is 1.10. The van der Waals surface area contributed by atoms with Crippen molar-refractivity contribution in [1.29, 1.82) is 0 Å². The zero-order valence-electron chi connectivity index (χ0n) is 25.7. The van der Waals surface area contributed by atoms with E-state index in [1.165, 1.54) is 11.1 Å². The van der Waals surface area contributed by atoms with Crippen LogP contribution in [-0.2, 0) is 19.7 Å². The number of piperidine rings is 1. The van der Waals surface area contributed by atoms with E-state index in [1.54, 1.807) is 4.52 Å². The summed E-state index contributed by atoms with van der Waals surface area (Å²) in [6, 6.07) is 25.0. The molecule has 4 aromatic rings. The summed E-state index contributed by atoms with van der Waals surface area (Å²) in [7, 11) is 0. The molecule has 1 aliphatic rings. The van der Waals surface area contributed by atoms with E-state index in [0.29, 0.717) is 25.1 Å². The highest BCUT2D eigenvalue weighted by Crippen LogP contribution is 2.33. The predicted molar refractivity (Wildman–Crippen MR) is 170 cm³/mol. The molecule has 0 spiro atoms. The summed E-state index contributed by atoms with van der Waals surface area (Å²) < 4.78 is 13.9. The normalized spacial score (nSPS) is 14.8. The first-order chi connectivity index (χ1) is 21.1. The molecule has 0 amide bonds. The van der Waals surface area contributed by atoms with Crippen molar-refractivity contribution in [3.05, 3.63) is 95.8 Å². The van der Waals surface area contributed by atoms with Crippen LogP contribution in [0.5, 0.6) is 0 Å². The van der Waals surface area contributed by atoms with E-state index in [1.807, 2.05) is 39.1 Å². The Labute approximate surface area is 255 Å². The van der Waals surface area contributed by atoms with Gasteiger partial charge in [-0.05, 0) is 68.8 Å². The number of aromatic nitrogens is 3. The zero-order valence-corrected chi connectivity index (χ0v) is 25.7. The summed E-state index contributed by atoms with van der Waals surface area (Å²) in [6.07, 6.45) is 6.43. The second kappa shape index (κ2) is 14.6. The predicted octanol–water partition coefficient (Wildman–Crippen LogP) is 6.42. The molecule has 0 aliphatic carbocycles. The van der Waals surface area contributed by atoms with Gasteiger partial charge in [0, 0.05) is 19.6 Å². The maximum Gasteiger partial charge on any atom is 0.318 e. The largest absolute Gasteiger partial charge is 0.465 e. The minimum atomic E-state index is -0.750. The summed E-state index contributed by atoms with van der Waals surface area (Å²) in [5.41, 5.74) is 3.10. The zero-order chi connectivity index (χ0) is 30.1. The van der Waals surface area contributed by atoms with Gasteiger partial charge in [-0.3, -0.25) is 4.79 Å². The molecule has 3 heterocycles. The van der Waals surface area contributed by atoms with Crippen molar-refractivity contribution in [2.75, 3.05) is 38.1 Å². The minimum Gasteiger partial charge on any atom is -0.465 e. The lowest BCUT2D eigenvalue weighted by Crippen LogP contribution is -2.38. The first kappa shape index (κ1) is 30.7. The summed E-state index contributed by atoms with van der Waals surface area (Å²) in [4.78, 5) is 20.1. The van der Waals surface area contributed by atoms with Crippen LogP contribution < -0.4 is 5.32 Å². The van der Waals surface area contributed by atoms with Gasteiger partial charge in [0.25, 0.3) is 0 Å². The van der Waals surface area contributed by atoms with Crippen LogP contribution in [0, 0.1) is 0 Å². The highest BCUT2D eigenvalue weighted by molar-refractivity contribution is 5.82. The van der Waals surface area contributed by atoms with E-state index in [-0.39, 0.29) is 18.2 Å². The summed E-state index contributed by atoms with van der Waals surface area (Å²) >= 11 is 0. The monoisotopic (exact) mass is 583 g/mol. The van der Waals surface area contributed by atoms with Gasteiger partial charge >= 0.3 is 5.97 Å². The maximum atomic E-state index is 12.8. The topological polar surface area (TPSA) is 81.0 Å². The lowest BCUT2D eigenvalue weighted by atomic mass is 9.79. The Bertz CT molecular complexity index is 1390. The number of fused-ring (bicyclic) bond motifs is 1. The quantitative estimate of drug-likeness (QED) is 0.135. The van der Waals surface area contributed by atoms with Crippen LogP contribution in [0.2, 0.25) is 0 Å². The number of hydrogen-bond acceptors (Lipinski definition) is 7. The molecule has 8 nitrogen and oxygen atoms in total. The van der Waals surface area contributed by atoms with Crippen LogP contribution in [-0.4, -0.2) is 64.4 Å². The third-order valence-corrected chi connectivity index (χ3v) is 8.71. The highest BCUT2D eigenvalue weighted by atomic mass is 16.5. The number of carbonyl (C=O) groups excluding carboxylic acids is 1. The Morgan fingerprint density at radius 2 is 1.60 bits per heavy atom. The molecule has 8 heteroatoms. The van der Waals surface area contributed by atoms with Gasteiger partial charge in [0.05, 0.1) is 24.6 Å². The minimum absolute atomic E-state index is 0.0370. The average Bonchev–Trinajstić information content (AvgIpc) is 3.48. The first-order valence-corrected chi connectivity index (χ1v) is 15.8. The molecule has 1 saturated heterocycles. The van der Waals surface area contributed by atoms with E-state index in [0.717, 1.165) is 56.9 Å². The van der Waals surface area contributed by atoms with Crippen LogP contribution >= 0.6 is 0 Å². The number of imidazole rings is 1. The van der Waals surface area contributed by atoms with Crippen LogP contribution in [0.3, 0.4) is 0 Å². The smallest absolute Gasteiger partial charge is 0.318 e. The maximum absolute atomic E-state index is 12.8. The van der Waals surface area contributed by atoms with E-state index >= 15 is 0 Å². The fraction of sp³-hybridized carbons (Fsp3) is 0.457. The third kappa shape index (κ3) is 7.25. The fourth-order valence-electron chi connectivity index (χ4n) is 6.07. The Morgan fingerprint density at radius 3 is 2.21 bits per heavy atom. The number of nitrogens with one attached hydrogen (secondary N) is 1. The molecule has 0 atom stereocenters. The third-order valence-electron chi connectivity index (χ3n) is 8.71. The van der Waals surface area contributed by atoms with Crippen LogP contribution in [0.25, 0.3) is 5.65 Å². The molecule has 43 heavy (non-hydrogen) atoms. The molecule has 5 rings (SSSR count). The molecular weight excluding hydrogens is 538 g/mol. The second-order valence-corrected chi connectivity index (χ2v) is 11.3. The fourth-order valence-corrected chi connectivity index (χ4v) is 6.07. The number of likely N-dealkylation sites (tertiary alicyclic amines) is 1. The first-order valence-electron chi connectivity index (χ1n) is 15.8. The van der Waals surface area contributed by atoms with Gasteiger partial charge in [-0.1, -0.05) is 74.5 Å². The number of rotatable bonds is 14. The van der Waals surface area contributed by atoms with Crippen molar-refractivity contribution in [1.82, 2.24) is 19.5 Å². The van der Waals surface area contributed by atoms with Crippen molar-refractivity contribution in [3.63, 3.8) is 0 Å². The van der Waals surface area contributed by atoms with E-state index in [9.17, 15) is 4.79 Å². The molecule has 228 valence electrons. The van der Waals surface area contributed by atoms with Crippen molar-refractivity contribution >= 4 is 17.4 Å². The standard InChI is InChI=1S/C35H45N5O3/c1-4-35(5-2,34(41)42-6-3)30-26-40-32(37-30)19-18-31(38-40)36-22-13-23-39-24-20-29(21-25-39)43-33(27-14-9-7-10-15-27)28-16-11-8-12-17-28/h7-12,14-19,26,29,33H,4-6,13,20-25H2,1-3H3,(H,36,38). The van der Waals surface area contributed by atoms with Crippen molar-refractivity contribution < 1.29 is 14.3 Å². The van der Waals surface area contributed by atoms with E-state index in [2.05, 4.69) is 70.9 Å². The van der Waals surface area contributed by atoms with Gasteiger partial charge in [-0.2, -0.15) is 0 Å². The van der Waals surface area contributed by atoms with E-state index < -0.39 is 5.41 Å². The number of carbonyl (C=O) groups is 1. The van der Waals surface area contributed by atoms with Gasteiger partial charge < -0.3 is 19.7 Å². The number of ether oxygens (including phenoxy) is 2. The van der Waals surface area contributed by atoms with Crippen LogP contribution in [0.4, 0.5) is 5.82 Å². The lowest BCUT2D eigenvalue weighted by Gasteiger charge is -2.34.